The molecule has 5 heteroatoms. The van der Waals surface area contributed by atoms with Crippen LogP contribution in [0.25, 0.3) is 0 Å². The fraction of sp³-hybridized carbons (Fsp3) is 0.500. The van der Waals surface area contributed by atoms with E-state index in [0.29, 0.717) is 23.7 Å². The average molecular weight is 307 g/mol. The van der Waals surface area contributed by atoms with Crippen molar-refractivity contribution in [2.45, 2.75) is 38.0 Å². The van der Waals surface area contributed by atoms with Gasteiger partial charge in [-0.05, 0) is 25.0 Å². The van der Waals surface area contributed by atoms with Crippen molar-refractivity contribution in [3.8, 4) is 0 Å². The van der Waals surface area contributed by atoms with Crippen molar-refractivity contribution in [1.29, 1.82) is 0 Å². The number of carboxylic acids is 1. The smallest absolute Gasteiger partial charge is 0.335 e. The van der Waals surface area contributed by atoms with Crippen molar-refractivity contribution in [2.24, 2.45) is 0 Å². The number of carboxylic acid groups (broad SMARTS) is 1. The van der Waals surface area contributed by atoms with Crippen molar-refractivity contribution in [3.63, 3.8) is 0 Å². The number of hydrogen-bond acceptors (Lipinski definition) is 3. The molecular formula is C16H21NO3S. The van der Waals surface area contributed by atoms with E-state index in [-0.39, 0.29) is 11.9 Å². The Hall–Kier alpha value is -1.49. The quantitative estimate of drug-likeness (QED) is 0.929. The van der Waals surface area contributed by atoms with Gasteiger partial charge in [0.1, 0.15) is 0 Å². The molecule has 1 amide bonds. The fourth-order valence-corrected chi connectivity index (χ4v) is 3.72. The number of thioether (sulfide) groups is 1. The molecule has 1 aliphatic heterocycles. The zero-order chi connectivity index (χ0) is 15.4. The molecule has 1 aromatic carbocycles. The molecular weight excluding hydrogens is 286 g/mol. The third-order valence-electron chi connectivity index (χ3n) is 4.06. The Morgan fingerprint density at radius 3 is 2.76 bits per heavy atom. The van der Waals surface area contributed by atoms with Crippen LogP contribution in [0.5, 0.6) is 0 Å². The lowest BCUT2D eigenvalue weighted by molar-refractivity contribution is -0.133. The summed E-state index contributed by atoms with van der Waals surface area (Å²) in [6.07, 6.45) is 0.845. The molecule has 0 aliphatic carbocycles. The molecule has 1 N–H and O–H groups in total. The van der Waals surface area contributed by atoms with Crippen LogP contribution >= 0.6 is 11.8 Å². The first-order chi connectivity index (χ1) is 10.0. The van der Waals surface area contributed by atoms with Gasteiger partial charge in [-0.3, -0.25) is 4.79 Å². The Bertz CT molecular complexity index is 532. The number of benzene rings is 1. The van der Waals surface area contributed by atoms with Crippen molar-refractivity contribution in [3.05, 3.63) is 35.4 Å². The van der Waals surface area contributed by atoms with Gasteiger partial charge in [-0.2, -0.15) is 11.8 Å². The van der Waals surface area contributed by atoms with E-state index in [2.05, 4.69) is 13.8 Å². The molecule has 0 bridgehead atoms. The first kappa shape index (κ1) is 15.9. The van der Waals surface area contributed by atoms with E-state index in [1.165, 1.54) is 0 Å². The number of hydrogen-bond donors (Lipinski definition) is 1. The number of aryl methyl sites for hydroxylation is 1. The largest absolute Gasteiger partial charge is 0.478 e. The van der Waals surface area contributed by atoms with Gasteiger partial charge in [0.2, 0.25) is 5.91 Å². The van der Waals surface area contributed by atoms with Crippen LogP contribution in [0, 0.1) is 0 Å². The summed E-state index contributed by atoms with van der Waals surface area (Å²) in [5.74, 6) is 0.160. The van der Waals surface area contributed by atoms with Gasteiger partial charge in [0.15, 0.2) is 0 Å². The summed E-state index contributed by atoms with van der Waals surface area (Å²) in [5.41, 5.74) is 1.02. The summed E-state index contributed by atoms with van der Waals surface area (Å²) in [5, 5.41) is 9.61. The minimum atomic E-state index is -0.936. The summed E-state index contributed by atoms with van der Waals surface area (Å²) < 4.78 is 0. The predicted octanol–water partition coefficient (Wildman–Crippen LogP) is 2.67. The lowest BCUT2D eigenvalue weighted by atomic mass is 10.0. The molecule has 1 aromatic rings. The molecule has 114 valence electrons. The molecule has 0 aromatic heterocycles. The van der Waals surface area contributed by atoms with Crippen molar-refractivity contribution < 1.29 is 14.7 Å². The van der Waals surface area contributed by atoms with Gasteiger partial charge in [-0.15, -0.1) is 0 Å². The zero-order valence-corrected chi connectivity index (χ0v) is 13.2. The molecule has 0 spiro atoms. The number of amides is 1. The second kappa shape index (κ2) is 6.98. The Balaban J connectivity index is 2.00. The second-order valence-corrected chi connectivity index (χ2v) is 6.85. The SMILES string of the molecule is CC1SCCN(C(=O)CCc2ccccc2C(=O)O)C1C. The van der Waals surface area contributed by atoms with Crippen LogP contribution in [0.15, 0.2) is 24.3 Å². The first-order valence-corrected chi connectivity index (χ1v) is 8.28. The van der Waals surface area contributed by atoms with Gasteiger partial charge in [0, 0.05) is 30.0 Å². The third-order valence-corrected chi connectivity index (χ3v) is 5.40. The highest BCUT2D eigenvalue weighted by Gasteiger charge is 2.28. The number of nitrogens with zero attached hydrogens (tertiary/aromatic N) is 1. The highest BCUT2D eigenvalue weighted by molar-refractivity contribution is 8.00. The van der Waals surface area contributed by atoms with Gasteiger partial charge in [0.25, 0.3) is 0 Å². The first-order valence-electron chi connectivity index (χ1n) is 7.23. The van der Waals surface area contributed by atoms with Crippen molar-refractivity contribution in [2.75, 3.05) is 12.3 Å². The van der Waals surface area contributed by atoms with Gasteiger partial charge >= 0.3 is 5.97 Å². The Morgan fingerprint density at radius 1 is 1.33 bits per heavy atom. The van der Waals surface area contributed by atoms with E-state index < -0.39 is 5.97 Å². The summed E-state index contributed by atoms with van der Waals surface area (Å²) >= 11 is 1.90. The maximum atomic E-state index is 12.4. The van der Waals surface area contributed by atoms with E-state index >= 15 is 0 Å². The van der Waals surface area contributed by atoms with Crippen LogP contribution < -0.4 is 0 Å². The van der Waals surface area contributed by atoms with E-state index in [9.17, 15) is 9.59 Å². The Morgan fingerprint density at radius 2 is 2.05 bits per heavy atom. The van der Waals surface area contributed by atoms with Crippen LogP contribution in [0.2, 0.25) is 0 Å². The molecule has 4 nitrogen and oxygen atoms in total. The summed E-state index contributed by atoms with van der Waals surface area (Å²) in [7, 11) is 0. The Kier molecular flexibility index (Phi) is 5.28. The van der Waals surface area contributed by atoms with Gasteiger partial charge in [-0.25, -0.2) is 4.79 Å². The van der Waals surface area contributed by atoms with Crippen LogP contribution in [-0.2, 0) is 11.2 Å². The van der Waals surface area contributed by atoms with Crippen LogP contribution in [0.3, 0.4) is 0 Å². The third kappa shape index (κ3) is 3.79. The standard InChI is InChI=1S/C16H21NO3S/c1-11-12(2)21-10-9-17(11)15(18)8-7-13-5-3-4-6-14(13)16(19)20/h3-6,11-12H,7-10H2,1-2H3,(H,19,20). The highest BCUT2D eigenvalue weighted by Crippen LogP contribution is 2.25. The lowest BCUT2D eigenvalue weighted by Gasteiger charge is -2.37. The maximum absolute atomic E-state index is 12.4. The lowest BCUT2D eigenvalue weighted by Crippen LogP contribution is -2.48. The van der Waals surface area contributed by atoms with Gasteiger partial charge < -0.3 is 10.0 Å². The van der Waals surface area contributed by atoms with E-state index in [4.69, 9.17) is 5.11 Å². The monoisotopic (exact) mass is 307 g/mol. The molecule has 21 heavy (non-hydrogen) atoms. The van der Waals surface area contributed by atoms with Crippen molar-refractivity contribution >= 4 is 23.6 Å². The summed E-state index contributed by atoms with van der Waals surface area (Å²) in [6, 6.07) is 7.14. The minimum absolute atomic E-state index is 0.120. The molecule has 1 aliphatic rings. The normalized spacial score (nSPS) is 22.1. The second-order valence-electron chi connectivity index (χ2n) is 5.37. The Labute approximate surface area is 129 Å². The summed E-state index contributed by atoms with van der Waals surface area (Å²) in [6.45, 7) is 5.02. The van der Waals surface area contributed by atoms with Gasteiger partial charge in [0.05, 0.1) is 5.56 Å². The molecule has 1 saturated heterocycles. The average Bonchev–Trinajstić information content (AvgIpc) is 2.47. The molecule has 0 saturated carbocycles. The topological polar surface area (TPSA) is 57.6 Å². The minimum Gasteiger partial charge on any atom is -0.478 e. The van der Waals surface area contributed by atoms with E-state index in [1.54, 1.807) is 18.2 Å². The number of carbonyl (C=O) groups is 2. The molecule has 0 radical (unpaired) electrons. The van der Waals surface area contributed by atoms with Crippen LogP contribution in [0.4, 0.5) is 0 Å². The van der Waals surface area contributed by atoms with E-state index in [1.807, 2.05) is 22.7 Å². The molecule has 2 unspecified atom stereocenters. The van der Waals surface area contributed by atoms with Crippen molar-refractivity contribution in [1.82, 2.24) is 4.90 Å². The fourth-order valence-electron chi connectivity index (χ4n) is 2.62. The molecule has 1 heterocycles. The summed E-state index contributed by atoms with van der Waals surface area (Å²) in [4.78, 5) is 25.5. The zero-order valence-electron chi connectivity index (χ0n) is 12.4. The van der Waals surface area contributed by atoms with Gasteiger partial charge in [-0.1, -0.05) is 25.1 Å². The predicted molar refractivity (Wildman–Crippen MR) is 84.8 cm³/mol. The molecule has 2 atom stereocenters. The highest BCUT2D eigenvalue weighted by atomic mass is 32.2. The van der Waals surface area contributed by atoms with E-state index in [0.717, 1.165) is 17.9 Å². The number of aromatic carboxylic acids is 1. The van der Waals surface area contributed by atoms with Crippen LogP contribution in [-0.4, -0.2) is 45.5 Å². The number of carbonyl (C=O) groups excluding carboxylic acids is 1. The maximum Gasteiger partial charge on any atom is 0.335 e. The number of rotatable bonds is 4. The van der Waals surface area contributed by atoms with Crippen LogP contribution in [0.1, 0.15) is 36.2 Å². The molecule has 1 fully saturated rings. The molecule has 2 rings (SSSR count).